The van der Waals surface area contributed by atoms with Crippen LogP contribution in [0, 0.1) is 0 Å². The molecule has 24 heavy (non-hydrogen) atoms. The molecule has 0 spiro atoms. The number of nitrogens with one attached hydrogen (secondary N) is 2. The second-order valence-corrected chi connectivity index (χ2v) is 7.50. The average molecular weight is 348 g/mol. The fourth-order valence-corrected chi connectivity index (χ4v) is 3.49. The lowest BCUT2D eigenvalue weighted by atomic mass is 10.0. The molecule has 1 fully saturated rings. The summed E-state index contributed by atoms with van der Waals surface area (Å²) in [5.41, 5.74) is 1.85. The highest BCUT2D eigenvalue weighted by molar-refractivity contribution is 7.99. The van der Waals surface area contributed by atoms with Gasteiger partial charge in [0.05, 0.1) is 30.0 Å². The van der Waals surface area contributed by atoms with Gasteiger partial charge in [0.15, 0.2) is 5.16 Å². The number of ether oxygens (including phenoxy) is 1. The second-order valence-electron chi connectivity index (χ2n) is 6.54. The van der Waals surface area contributed by atoms with Gasteiger partial charge in [0.1, 0.15) is 0 Å². The van der Waals surface area contributed by atoms with Crippen LogP contribution in [0.1, 0.15) is 13.8 Å². The largest absolute Gasteiger partial charge is 0.379 e. The molecule has 1 amide bonds. The minimum absolute atomic E-state index is 0.0294. The van der Waals surface area contributed by atoms with Gasteiger partial charge in [0.25, 0.3) is 0 Å². The standard InChI is InChI=1S/C17H24N4O2S/c1-17(2,21-7-9-23-10-8-21)12-18-15(22)11-24-16-19-13-5-3-4-6-14(13)20-16/h3-6H,7-12H2,1-2H3,(H,18,22)(H,19,20). The zero-order valence-corrected chi connectivity index (χ0v) is 15.0. The number of amides is 1. The number of aromatic amines is 1. The van der Waals surface area contributed by atoms with Crippen LogP contribution in [0.2, 0.25) is 0 Å². The van der Waals surface area contributed by atoms with Gasteiger partial charge in [-0.3, -0.25) is 9.69 Å². The number of hydrogen-bond acceptors (Lipinski definition) is 5. The Morgan fingerprint density at radius 2 is 2.12 bits per heavy atom. The number of hydrogen-bond donors (Lipinski definition) is 2. The summed E-state index contributed by atoms with van der Waals surface area (Å²) in [7, 11) is 0. The normalized spacial score (nSPS) is 16.4. The lowest BCUT2D eigenvalue weighted by molar-refractivity contribution is -0.119. The molecule has 0 aliphatic carbocycles. The third-order valence-corrected chi connectivity index (χ3v) is 5.17. The van der Waals surface area contributed by atoms with Crippen molar-refractivity contribution in [1.29, 1.82) is 0 Å². The highest BCUT2D eigenvalue weighted by atomic mass is 32.2. The Morgan fingerprint density at radius 3 is 2.88 bits per heavy atom. The number of carbonyl (C=O) groups is 1. The number of para-hydroxylation sites is 2. The van der Waals surface area contributed by atoms with Gasteiger partial charge in [-0.15, -0.1) is 0 Å². The summed E-state index contributed by atoms with van der Waals surface area (Å²) in [5.74, 6) is 0.390. The summed E-state index contributed by atoms with van der Waals surface area (Å²) in [6.07, 6.45) is 0. The monoisotopic (exact) mass is 348 g/mol. The molecule has 2 N–H and O–H groups in total. The van der Waals surface area contributed by atoms with E-state index in [4.69, 9.17) is 4.74 Å². The van der Waals surface area contributed by atoms with E-state index in [2.05, 4.69) is 34.0 Å². The van der Waals surface area contributed by atoms with Gasteiger partial charge in [-0.25, -0.2) is 4.98 Å². The molecule has 1 saturated heterocycles. The Hall–Kier alpha value is -1.57. The third kappa shape index (κ3) is 4.28. The molecule has 6 nitrogen and oxygen atoms in total. The molecule has 1 aromatic heterocycles. The molecule has 0 radical (unpaired) electrons. The predicted octanol–water partition coefficient (Wildman–Crippen LogP) is 1.88. The quantitative estimate of drug-likeness (QED) is 0.780. The van der Waals surface area contributed by atoms with E-state index in [-0.39, 0.29) is 11.4 Å². The number of H-pyrrole nitrogens is 1. The van der Waals surface area contributed by atoms with Crippen LogP contribution >= 0.6 is 11.8 Å². The number of imidazole rings is 1. The van der Waals surface area contributed by atoms with Gasteiger partial charge in [0, 0.05) is 25.2 Å². The summed E-state index contributed by atoms with van der Waals surface area (Å²) < 4.78 is 5.39. The van der Waals surface area contributed by atoms with Gasteiger partial charge in [-0.2, -0.15) is 0 Å². The van der Waals surface area contributed by atoms with Gasteiger partial charge < -0.3 is 15.0 Å². The lowest BCUT2D eigenvalue weighted by Crippen LogP contribution is -2.55. The number of morpholine rings is 1. The maximum atomic E-state index is 12.1. The van der Waals surface area contributed by atoms with Crippen molar-refractivity contribution in [3.63, 3.8) is 0 Å². The lowest BCUT2D eigenvalue weighted by Gasteiger charge is -2.40. The highest BCUT2D eigenvalue weighted by Gasteiger charge is 2.28. The molecule has 1 aromatic carbocycles. The molecule has 2 aromatic rings. The summed E-state index contributed by atoms with van der Waals surface area (Å²) in [6.45, 7) is 8.30. The molecular weight excluding hydrogens is 324 g/mol. The van der Waals surface area contributed by atoms with Gasteiger partial charge in [-0.05, 0) is 26.0 Å². The predicted molar refractivity (Wildman–Crippen MR) is 96.3 cm³/mol. The Morgan fingerprint density at radius 1 is 1.38 bits per heavy atom. The third-order valence-electron chi connectivity index (χ3n) is 4.29. The topological polar surface area (TPSA) is 70.2 Å². The molecular formula is C17H24N4O2S. The Labute approximate surface area is 146 Å². The number of benzene rings is 1. The molecule has 1 aliphatic rings. The second kappa shape index (κ2) is 7.55. The molecule has 7 heteroatoms. The van der Waals surface area contributed by atoms with E-state index in [9.17, 15) is 4.79 Å². The summed E-state index contributed by atoms with van der Waals surface area (Å²) >= 11 is 1.43. The summed E-state index contributed by atoms with van der Waals surface area (Å²) in [5, 5.41) is 3.82. The first kappa shape index (κ1) is 17.3. The van der Waals surface area contributed by atoms with Crippen molar-refractivity contribution in [3.8, 4) is 0 Å². The van der Waals surface area contributed by atoms with Crippen molar-refractivity contribution in [2.75, 3.05) is 38.6 Å². The summed E-state index contributed by atoms with van der Waals surface area (Å²) in [4.78, 5) is 22.2. The zero-order chi connectivity index (χ0) is 17.0. The molecule has 0 bridgehead atoms. The van der Waals surface area contributed by atoms with Crippen LogP contribution in [0.4, 0.5) is 0 Å². The zero-order valence-electron chi connectivity index (χ0n) is 14.2. The van der Waals surface area contributed by atoms with E-state index >= 15 is 0 Å². The molecule has 3 rings (SSSR count). The number of aromatic nitrogens is 2. The number of thioether (sulfide) groups is 1. The fraction of sp³-hybridized carbons (Fsp3) is 0.529. The molecule has 2 heterocycles. The van der Waals surface area contributed by atoms with Crippen LogP contribution in [-0.2, 0) is 9.53 Å². The number of nitrogens with zero attached hydrogens (tertiary/aromatic N) is 2. The van der Waals surface area contributed by atoms with Crippen molar-refractivity contribution >= 4 is 28.7 Å². The maximum absolute atomic E-state index is 12.1. The molecule has 0 atom stereocenters. The Balaban J connectivity index is 1.46. The molecule has 1 aliphatic heterocycles. The fourth-order valence-electron chi connectivity index (χ4n) is 2.78. The average Bonchev–Trinajstić information content (AvgIpc) is 3.02. The Bertz CT molecular complexity index is 662. The number of rotatable bonds is 6. The van der Waals surface area contributed by atoms with E-state index in [0.717, 1.165) is 42.5 Å². The van der Waals surface area contributed by atoms with E-state index in [1.807, 2.05) is 24.3 Å². The van der Waals surface area contributed by atoms with Crippen LogP contribution in [-0.4, -0.2) is 64.9 Å². The first-order chi connectivity index (χ1) is 11.5. The van der Waals surface area contributed by atoms with Crippen molar-refractivity contribution in [2.45, 2.75) is 24.5 Å². The first-order valence-electron chi connectivity index (χ1n) is 8.22. The van der Waals surface area contributed by atoms with Crippen molar-refractivity contribution in [1.82, 2.24) is 20.2 Å². The van der Waals surface area contributed by atoms with Crippen LogP contribution in [0.5, 0.6) is 0 Å². The van der Waals surface area contributed by atoms with E-state index in [1.54, 1.807) is 0 Å². The molecule has 130 valence electrons. The van der Waals surface area contributed by atoms with Gasteiger partial charge in [0.2, 0.25) is 5.91 Å². The minimum atomic E-state index is -0.0660. The van der Waals surface area contributed by atoms with Gasteiger partial charge in [-0.1, -0.05) is 23.9 Å². The van der Waals surface area contributed by atoms with Gasteiger partial charge >= 0.3 is 0 Å². The van der Waals surface area contributed by atoms with E-state index in [0.29, 0.717) is 12.3 Å². The van der Waals surface area contributed by atoms with Crippen LogP contribution in [0.3, 0.4) is 0 Å². The van der Waals surface area contributed by atoms with Crippen LogP contribution < -0.4 is 5.32 Å². The molecule has 0 unspecified atom stereocenters. The minimum Gasteiger partial charge on any atom is -0.379 e. The smallest absolute Gasteiger partial charge is 0.230 e. The molecule has 0 saturated carbocycles. The van der Waals surface area contributed by atoms with Crippen molar-refractivity contribution < 1.29 is 9.53 Å². The SMILES string of the molecule is CC(C)(CNC(=O)CSc1nc2ccccc2[nH]1)N1CCOCC1. The van der Waals surface area contributed by atoms with Crippen LogP contribution in [0.15, 0.2) is 29.4 Å². The van der Waals surface area contributed by atoms with Crippen molar-refractivity contribution in [2.24, 2.45) is 0 Å². The van der Waals surface area contributed by atoms with Crippen molar-refractivity contribution in [3.05, 3.63) is 24.3 Å². The van der Waals surface area contributed by atoms with E-state index in [1.165, 1.54) is 11.8 Å². The highest BCUT2D eigenvalue weighted by Crippen LogP contribution is 2.19. The number of carbonyl (C=O) groups excluding carboxylic acids is 1. The maximum Gasteiger partial charge on any atom is 0.230 e. The Kier molecular flexibility index (Phi) is 5.43. The first-order valence-corrected chi connectivity index (χ1v) is 9.20. The van der Waals surface area contributed by atoms with E-state index < -0.39 is 0 Å². The van der Waals surface area contributed by atoms with Crippen LogP contribution in [0.25, 0.3) is 11.0 Å². The number of fused-ring (bicyclic) bond motifs is 1. The summed E-state index contributed by atoms with van der Waals surface area (Å²) in [6, 6.07) is 7.87.